The zero-order chi connectivity index (χ0) is 12.4. The highest BCUT2D eigenvalue weighted by molar-refractivity contribution is 6.28. The maximum absolute atomic E-state index is 11.9. The largest absolute Gasteiger partial charge is 0.462 e. The SMILES string of the molecule is CCOC(=O)c1c[nH]c2cnc(Cl)nc2c1=O. The lowest BCUT2D eigenvalue weighted by atomic mass is 10.2. The van der Waals surface area contributed by atoms with E-state index in [4.69, 9.17) is 16.3 Å². The minimum atomic E-state index is -0.689. The number of ether oxygens (including phenoxy) is 1. The first-order valence-electron chi connectivity index (χ1n) is 4.84. The number of halogens is 1. The molecule has 0 radical (unpaired) electrons. The second kappa shape index (κ2) is 4.50. The van der Waals surface area contributed by atoms with Crippen LogP contribution in [0.5, 0.6) is 0 Å². The van der Waals surface area contributed by atoms with Crippen LogP contribution in [0.3, 0.4) is 0 Å². The molecule has 0 amide bonds. The van der Waals surface area contributed by atoms with Gasteiger partial charge in [-0.1, -0.05) is 0 Å². The van der Waals surface area contributed by atoms with Crippen LogP contribution in [-0.2, 0) is 4.74 Å². The lowest BCUT2D eigenvalue weighted by Gasteiger charge is -2.02. The normalized spacial score (nSPS) is 10.5. The second-order valence-electron chi connectivity index (χ2n) is 3.15. The van der Waals surface area contributed by atoms with Crippen molar-refractivity contribution in [3.05, 3.63) is 33.5 Å². The average Bonchev–Trinajstić information content (AvgIpc) is 2.30. The van der Waals surface area contributed by atoms with E-state index in [1.54, 1.807) is 6.92 Å². The van der Waals surface area contributed by atoms with Crippen LogP contribution in [0.25, 0.3) is 11.0 Å². The van der Waals surface area contributed by atoms with Crippen molar-refractivity contribution in [2.75, 3.05) is 6.61 Å². The fraction of sp³-hybridized carbons (Fsp3) is 0.200. The maximum Gasteiger partial charge on any atom is 0.343 e. The van der Waals surface area contributed by atoms with Crippen LogP contribution in [0.4, 0.5) is 0 Å². The Morgan fingerprint density at radius 3 is 3.06 bits per heavy atom. The summed E-state index contributed by atoms with van der Waals surface area (Å²) in [6.45, 7) is 1.85. The summed E-state index contributed by atoms with van der Waals surface area (Å²) in [5.74, 6) is -0.689. The molecule has 2 aromatic heterocycles. The number of esters is 1. The number of carbonyl (C=O) groups excluding carboxylic acids is 1. The Morgan fingerprint density at radius 1 is 1.59 bits per heavy atom. The third kappa shape index (κ3) is 2.12. The molecule has 2 rings (SSSR count). The van der Waals surface area contributed by atoms with Gasteiger partial charge in [-0.2, -0.15) is 0 Å². The summed E-state index contributed by atoms with van der Waals surface area (Å²) in [5, 5.41) is -0.0518. The highest BCUT2D eigenvalue weighted by Gasteiger charge is 2.15. The molecule has 0 aliphatic carbocycles. The van der Waals surface area contributed by atoms with E-state index in [0.29, 0.717) is 5.52 Å². The van der Waals surface area contributed by atoms with Crippen molar-refractivity contribution >= 4 is 28.6 Å². The number of hydrogen-bond donors (Lipinski definition) is 1. The minimum Gasteiger partial charge on any atom is -0.462 e. The molecule has 88 valence electrons. The van der Waals surface area contributed by atoms with Crippen molar-refractivity contribution in [3.63, 3.8) is 0 Å². The lowest BCUT2D eigenvalue weighted by Crippen LogP contribution is -2.19. The van der Waals surface area contributed by atoms with E-state index in [9.17, 15) is 9.59 Å². The molecular formula is C10H8ClN3O3. The summed E-state index contributed by atoms with van der Waals surface area (Å²) in [6, 6.07) is 0. The van der Waals surface area contributed by atoms with Crippen molar-refractivity contribution in [1.82, 2.24) is 15.0 Å². The van der Waals surface area contributed by atoms with Gasteiger partial charge in [0.15, 0.2) is 0 Å². The molecule has 2 aromatic rings. The average molecular weight is 254 g/mol. The molecule has 2 heterocycles. The van der Waals surface area contributed by atoms with Crippen molar-refractivity contribution in [2.45, 2.75) is 6.92 Å². The van der Waals surface area contributed by atoms with Gasteiger partial charge in [0.1, 0.15) is 11.1 Å². The second-order valence-corrected chi connectivity index (χ2v) is 3.49. The van der Waals surface area contributed by atoms with E-state index in [1.165, 1.54) is 12.4 Å². The molecule has 0 aliphatic rings. The van der Waals surface area contributed by atoms with Gasteiger partial charge in [-0.05, 0) is 18.5 Å². The molecule has 0 bridgehead atoms. The first-order valence-corrected chi connectivity index (χ1v) is 5.22. The minimum absolute atomic E-state index is 0.0518. The van der Waals surface area contributed by atoms with E-state index < -0.39 is 11.4 Å². The van der Waals surface area contributed by atoms with Gasteiger partial charge < -0.3 is 9.72 Å². The van der Waals surface area contributed by atoms with Crippen LogP contribution in [0.1, 0.15) is 17.3 Å². The third-order valence-corrected chi connectivity index (χ3v) is 2.27. The van der Waals surface area contributed by atoms with Crippen molar-refractivity contribution in [3.8, 4) is 0 Å². The van der Waals surface area contributed by atoms with Gasteiger partial charge >= 0.3 is 5.97 Å². The molecule has 0 fully saturated rings. The number of carbonyl (C=O) groups is 1. The molecular weight excluding hydrogens is 246 g/mol. The number of aromatic amines is 1. The summed E-state index contributed by atoms with van der Waals surface area (Å²) in [4.78, 5) is 33.7. The number of rotatable bonds is 2. The smallest absolute Gasteiger partial charge is 0.343 e. The van der Waals surface area contributed by atoms with Crippen LogP contribution in [0.15, 0.2) is 17.2 Å². The van der Waals surface area contributed by atoms with Gasteiger partial charge in [-0.15, -0.1) is 0 Å². The van der Waals surface area contributed by atoms with Crippen LogP contribution in [-0.4, -0.2) is 27.5 Å². The fourth-order valence-corrected chi connectivity index (χ4v) is 1.48. The standard InChI is InChI=1S/C10H8ClN3O3/c1-2-17-9(16)5-3-12-6-4-13-10(11)14-7(6)8(5)15/h3-4H,2H2,1H3,(H,12,15). The maximum atomic E-state index is 11.9. The molecule has 0 aliphatic heterocycles. The van der Waals surface area contributed by atoms with Crippen LogP contribution in [0, 0.1) is 0 Å². The van der Waals surface area contributed by atoms with Gasteiger partial charge in [0.25, 0.3) is 0 Å². The molecule has 0 aromatic carbocycles. The first-order chi connectivity index (χ1) is 8.13. The monoisotopic (exact) mass is 253 g/mol. The number of nitrogens with one attached hydrogen (secondary N) is 1. The summed E-state index contributed by atoms with van der Waals surface area (Å²) in [7, 11) is 0. The van der Waals surface area contributed by atoms with Crippen LogP contribution in [0.2, 0.25) is 5.28 Å². The Labute approximate surface area is 101 Å². The van der Waals surface area contributed by atoms with E-state index in [1.807, 2.05) is 0 Å². The van der Waals surface area contributed by atoms with Gasteiger partial charge in [0.2, 0.25) is 10.7 Å². The van der Waals surface area contributed by atoms with Gasteiger partial charge in [0.05, 0.1) is 18.3 Å². The molecule has 0 saturated heterocycles. The fourth-order valence-electron chi connectivity index (χ4n) is 1.34. The zero-order valence-electron chi connectivity index (χ0n) is 8.86. The lowest BCUT2D eigenvalue weighted by molar-refractivity contribution is 0.0524. The topological polar surface area (TPSA) is 84.9 Å². The quantitative estimate of drug-likeness (QED) is 0.641. The zero-order valence-corrected chi connectivity index (χ0v) is 9.61. The highest BCUT2D eigenvalue weighted by atomic mass is 35.5. The molecule has 0 saturated carbocycles. The molecule has 0 spiro atoms. The van der Waals surface area contributed by atoms with Gasteiger partial charge in [0, 0.05) is 6.20 Å². The molecule has 7 heteroatoms. The number of H-pyrrole nitrogens is 1. The number of aromatic nitrogens is 3. The summed E-state index contributed by atoms with van der Waals surface area (Å²) >= 11 is 5.59. The highest BCUT2D eigenvalue weighted by Crippen LogP contribution is 2.07. The Morgan fingerprint density at radius 2 is 2.35 bits per heavy atom. The molecule has 17 heavy (non-hydrogen) atoms. The van der Waals surface area contributed by atoms with E-state index in [0.717, 1.165) is 0 Å². The van der Waals surface area contributed by atoms with E-state index in [-0.39, 0.29) is 23.0 Å². The predicted molar refractivity (Wildman–Crippen MR) is 61.1 cm³/mol. The van der Waals surface area contributed by atoms with E-state index in [2.05, 4.69) is 15.0 Å². The number of fused-ring (bicyclic) bond motifs is 1. The summed E-state index contributed by atoms with van der Waals surface area (Å²) in [5.41, 5.74) is -0.154. The first kappa shape index (κ1) is 11.5. The predicted octanol–water partition coefficient (Wildman–Crippen LogP) is 1.15. The van der Waals surface area contributed by atoms with Crippen LogP contribution >= 0.6 is 11.6 Å². The Hall–Kier alpha value is -1.95. The summed E-state index contributed by atoms with van der Waals surface area (Å²) in [6.07, 6.45) is 2.65. The summed E-state index contributed by atoms with van der Waals surface area (Å²) < 4.78 is 4.75. The Balaban J connectivity index is 2.65. The van der Waals surface area contributed by atoms with Gasteiger partial charge in [-0.25, -0.2) is 14.8 Å². The number of pyridine rings is 1. The van der Waals surface area contributed by atoms with Crippen molar-refractivity contribution in [1.29, 1.82) is 0 Å². The number of nitrogens with zero attached hydrogens (tertiary/aromatic N) is 2. The molecule has 0 atom stereocenters. The Bertz CT molecular complexity index is 638. The van der Waals surface area contributed by atoms with Gasteiger partial charge in [-0.3, -0.25) is 4.79 Å². The van der Waals surface area contributed by atoms with Crippen LogP contribution < -0.4 is 5.43 Å². The molecule has 6 nitrogen and oxygen atoms in total. The molecule has 0 unspecified atom stereocenters. The molecule has 1 N–H and O–H groups in total. The van der Waals surface area contributed by atoms with E-state index >= 15 is 0 Å². The Kier molecular flexibility index (Phi) is 3.06. The third-order valence-electron chi connectivity index (χ3n) is 2.09. The van der Waals surface area contributed by atoms with Crippen molar-refractivity contribution in [2.24, 2.45) is 0 Å². The van der Waals surface area contributed by atoms with Crippen molar-refractivity contribution < 1.29 is 9.53 Å². The number of hydrogen-bond acceptors (Lipinski definition) is 5.